The number of nitrogens with one attached hydrogen (secondary N) is 1. The molecule has 5 rings (SSSR count). The SMILES string of the molecule is CC1(C(=O)NC2CCCC2)Cn2c(cc3sccc32)C(=O)N1C1CCCC1. The molecule has 6 heteroatoms. The fourth-order valence-corrected chi connectivity index (χ4v) is 6.20. The summed E-state index contributed by atoms with van der Waals surface area (Å²) in [6, 6.07) is 4.52. The van der Waals surface area contributed by atoms with Crippen molar-refractivity contribution in [2.75, 3.05) is 0 Å². The predicted molar refractivity (Wildman–Crippen MR) is 107 cm³/mol. The first kappa shape index (κ1) is 17.3. The van der Waals surface area contributed by atoms with Crippen LogP contribution in [0.15, 0.2) is 17.5 Å². The summed E-state index contributed by atoms with van der Waals surface area (Å²) in [6.45, 7) is 2.53. The van der Waals surface area contributed by atoms with Crippen molar-refractivity contribution < 1.29 is 9.59 Å². The lowest BCUT2D eigenvalue weighted by Gasteiger charge is -2.47. The molecule has 0 spiro atoms. The van der Waals surface area contributed by atoms with E-state index in [1.165, 1.54) is 12.8 Å². The Morgan fingerprint density at radius 3 is 2.63 bits per heavy atom. The Kier molecular flexibility index (Phi) is 4.08. The minimum atomic E-state index is -0.824. The Morgan fingerprint density at radius 1 is 1.19 bits per heavy atom. The summed E-state index contributed by atoms with van der Waals surface area (Å²) in [7, 11) is 0. The highest BCUT2D eigenvalue weighted by molar-refractivity contribution is 7.17. The highest BCUT2D eigenvalue weighted by Crippen LogP contribution is 2.39. The highest BCUT2D eigenvalue weighted by Gasteiger charge is 2.51. The van der Waals surface area contributed by atoms with Crippen molar-refractivity contribution in [1.82, 2.24) is 14.8 Å². The van der Waals surface area contributed by atoms with Crippen LogP contribution in [0.4, 0.5) is 0 Å². The van der Waals surface area contributed by atoms with E-state index in [2.05, 4.69) is 21.3 Å². The van der Waals surface area contributed by atoms with E-state index in [0.29, 0.717) is 6.54 Å². The summed E-state index contributed by atoms with van der Waals surface area (Å²) in [5, 5.41) is 5.34. The van der Waals surface area contributed by atoms with Crippen LogP contribution < -0.4 is 5.32 Å². The Morgan fingerprint density at radius 2 is 1.89 bits per heavy atom. The van der Waals surface area contributed by atoms with Gasteiger partial charge in [-0.25, -0.2) is 0 Å². The molecule has 1 unspecified atom stereocenters. The van der Waals surface area contributed by atoms with Crippen LogP contribution in [0.25, 0.3) is 10.2 Å². The molecule has 3 heterocycles. The van der Waals surface area contributed by atoms with Crippen LogP contribution in [0.5, 0.6) is 0 Å². The number of thiophene rings is 1. The Balaban J connectivity index is 1.56. The molecule has 0 bridgehead atoms. The number of rotatable bonds is 3. The molecule has 1 aliphatic heterocycles. The van der Waals surface area contributed by atoms with Gasteiger partial charge in [-0.05, 0) is 50.1 Å². The molecule has 2 fully saturated rings. The Labute approximate surface area is 163 Å². The number of carbonyl (C=O) groups excluding carboxylic acids is 2. The average molecular weight is 386 g/mol. The third-order valence-electron chi connectivity index (χ3n) is 6.83. The van der Waals surface area contributed by atoms with E-state index in [1.54, 1.807) is 11.3 Å². The van der Waals surface area contributed by atoms with Gasteiger partial charge in [0.05, 0.1) is 16.8 Å². The van der Waals surface area contributed by atoms with Gasteiger partial charge < -0.3 is 14.8 Å². The Hall–Kier alpha value is -1.82. The molecule has 2 saturated carbocycles. The van der Waals surface area contributed by atoms with Gasteiger partial charge in [-0.15, -0.1) is 11.3 Å². The van der Waals surface area contributed by atoms with Crippen molar-refractivity contribution >= 4 is 33.4 Å². The number of fused-ring (bicyclic) bond motifs is 3. The van der Waals surface area contributed by atoms with Crippen LogP contribution in [-0.2, 0) is 11.3 Å². The minimum absolute atomic E-state index is 0.0254. The number of amides is 2. The lowest BCUT2D eigenvalue weighted by atomic mass is 9.91. The number of nitrogens with zero attached hydrogens (tertiary/aromatic N) is 2. The van der Waals surface area contributed by atoms with E-state index < -0.39 is 5.54 Å². The molecule has 0 aromatic carbocycles. The van der Waals surface area contributed by atoms with Gasteiger partial charge in [0.15, 0.2) is 0 Å². The van der Waals surface area contributed by atoms with Gasteiger partial charge in [0, 0.05) is 12.1 Å². The smallest absolute Gasteiger partial charge is 0.271 e. The van der Waals surface area contributed by atoms with Crippen molar-refractivity contribution in [2.24, 2.45) is 0 Å². The molecule has 1 N–H and O–H groups in total. The number of aromatic nitrogens is 1. The third kappa shape index (κ3) is 2.64. The average Bonchev–Trinajstić information content (AvgIpc) is 3.41. The third-order valence-corrected chi connectivity index (χ3v) is 7.68. The molecule has 27 heavy (non-hydrogen) atoms. The lowest BCUT2D eigenvalue weighted by Crippen LogP contribution is -2.66. The maximum atomic E-state index is 13.6. The molecule has 2 aromatic rings. The van der Waals surface area contributed by atoms with Gasteiger partial charge >= 0.3 is 0 Å². The fraction of sp³-hybridized carbons (Fsp3) is 0.619. The molecule has 144 valence electrons. The molecule has 0 saturated heterocycles. The van der Waals surface area contributed by atoms with Crippen LogP contribution in [0.2, 0.25) is 0 Å². The first-order valence-corrected chi connectivity index (χ1v) is 11.2. The summed E-state index contributed by atoms with van der Waals surface area (Å²) >= 11 is 1.66. The molecule has 0 radical (unpaired) electrons. The highest BCUT2D eigenvalue weighted by atomic mass is 32.1. The van der Waals surface area contributed by atoms with Gasteiger partial charge in [-0.3, -0.25) is 9.59 Å². The van der Waals surface area contributed by atoms with Crippen molar-refractivity contribution in [1.29, 1.82) is 0 Å². The second-order valence-electron chi connectivity index (χ2n) is 8.63. The monoisotopic (exact) mass is 385 g/mol. The standard InChI is InChI=1S/C21H27N3O2S/c1-21(20(26)22-14-6-2-3-7-14)13-23-16-10-11-27-18(16)12-17(23)19(25)24(21)15-8-4-5-9-15/h10-12,14-15H,2-9,13H2,1H3,(H,22,26). The van der Waals surface area contributed by atoms with Gasteiger partial charge in [-0.2, -0.15) is 0 Å². The summed E-state index contributed by atoms with van der Waals surface area (Å²) in [5.74, 6) is 0.0537. The molecule has 2 aromatic heterocycles. The van der Waals surface area contributed by atoms with Crippen molar-refractivity contribution in [3.8, 4) is 0 Å². The molecule has 5 nitrogen and oxygen atoms in total. The van der Waals surface area contributed by atoms with Crippen LogP contribution in [0, 0.1) is 0 Å². The van der Waals surface area contributed by atoms with Crippen molar-refractivity contribution in [3.05, 3.63) is 23.2 Å². The van der Waals surface area contributed by atoms with E-state index in [1.807, 2.05) is 17.9 Å². The Bertz CT molecular complexity index is 889. The van der Waals surface area contributed by atoms with E-state index in [9.17, 15) is 9.59 Å². The van der Waals surface area contributed by atoms with E-state index in [0.717, 1.165) is 54.4 Å². The van der Waals surface area contributed by atoms with Gasteiger partial charge in [0.25, 0.3) is 5.91 Å². The van der Waals surface area contributed by atoms with Gasteiger partial charge in [-0.1, -0.05) is 25.7 Å². The zero-order valence-corrected chi connectivity index (χ0v) is 16.7. The van der Waals surface area contributed by atoms with Crippen LogP contribution in [0.3, 0.4) is 0 Å². The molecule has 1 atom stereocenters. The molecular formula is C21H27N3O2S. The van der Waals surface area contributed by atoms with E-state index in [4.69, 9.17) is 0 Å². The van der Waals surface area contributed by atoms with Crippen LogP contribution in [-0.4, -0.2) is 38.9 Å². The summed E-state index contributed by atoms with van der Waals surface area (Å²) in [4.78, 5) is 29.0. The summed E-state index contributed by atoms with van der Waals surface area (Å²) in [6.07, 6.45) is 8.79. The zero-order valence-electron chi connectivity index (χ0n) is 15.9. The molecule has 2 amide bonds. The first-order valence-electron chi connectivity index (χ1n) is 10.3. The fourth-order valence-electron chi connectivity index (χ4n) is 5.38. The van der Waals surface area contributed by atoms with E-state index >= 15 is 0 Å². The summed E-state index contributed by atoms with van der Waals surface area (Å²) < 4.78 is 3.21. The topological polar surface area (TPSA) is 54.3 Å². The number of carbonyl (C=O) groups is 2. The predicted octanol–water partition coefficient (Wildman–Crippen LogP) is 3.92. The van der Waals surface area contributed by atoms with Crippen molar-refractivity contribution in [3.63, 3.8) is 0 Å². The molecular weight excluding hydrogens is 358 g/mol. The zero-order chi connectivity index (χ0) is 18.6. The van der Waals surface area contributed by atoms with Crippen LogP contribution in [0.1, 0.15) is 68.8 Å². The normalized spacial score (nSPS) is 26.9. The first-order chi connectivity index (χ1) is 13.1. The van der Waals surface area contributed by atoms with Gasteiger partial charge in [0.1, 0.15) is 11.2 Å². The molecule has 3 aliphatic rings. The second-order valence-corrected chi connectivity index (χ2v) is 9.58. The van der Waals surface area contributed by atoms with Crippen LogP contribution >= 0.6 is 11.3 Å². The van der Waals surface area contributed by atoms with Crippen molar-refractivity contribution in [2.45, 2.75) is 82.5 Å². The van der Waals surface area contributed by atoms with Gasteiger partial charge in [0.2, 0.25) is 5.91 Å². The minimum Gasteiger partial charge on any atom is -0.351 e. The maximum absolute atomic E-state index is 13.6. The number of hydrogen-bond donors (Lipinski definition) is 1. The number of hydrogen-bond acceptors (Lipinski definition) is 3. The maximum Gasteiger partial charge on any atom is 0.271 e. The lowest BCUT2D eigenvalue weighted by molar-refractivity contribution is -0.135. The second kappa shape index (κ2) is 6.36. The summed E-state index contributed by atoms with van der Waals surface area (Å²) in [5.41, 5.74) is 0.999. The largest absolute Gasteiger partial charge is 0.351 e. The van der Waals surface area contributed by atoms with E-state index in [-0.39, 0.29) is 23.9 Å². The molecule has 2 aliphatic carbocycles. The quantitative estimate of drug-likeness (QED) is 0.871.